The van der Waals surface area contributed by atoms with Gasteiger partial charge in [0.25, 0.3) is 0 Å². The van der Waals surface area contributed by atoms with Crippen LogP contribution in [0.15, 0.2) is 27.9 Å². The molecule has 1 aliphatic carbocycles. The third-order valence-corrected chi connectivity index (χ3v) is 9.54. The second-order valence-electron chi connectivity index (χ2n) is 9.48. The van der Waals surface area contributed by atoms with Crippen LogP contribution in [0.5, 0.6) is 0 Å². The van der Waals surface area contributed by atoms with Crippen LogP contribution in [0.2, 0.25) is 0 Å². The molecule has 4 rings (SSSR count). The average Bonchev–Trinajstić information content (AvgIpc) is 2.78. The van der Waals surface area contributed by atoms with Crippen molar-refractivity contribution in [3.05, 3.63) is 62.1 Å². The van der Waals surface area contributed by atoms with Crippen molar-refractivity contribution in [3.63, 3.8) is 0 Å². The highest BCUT2D eigenvalue weighted by atomic mass is 32.2. The summed E-state index contributed by atoms with van der Waals surface area (Å²) in [6, 6.07) is 5.23. The molecule has 2 aromatic rings. The minimum Gasteiger partial charge on any atom is -0.349 e. The molecule has 1 fully saturated rings. The van der Waals surface area contributed by atoms with Crippen LogP contribution in [-0.2, 0) is 21.2 Å². The molecule has 178 valence electrons. The van der Waals surface area contributed by atoms with Gasteiger partial charge in [-0.3, -0.25) is 9.59 Å². The van der Waals surface area contributed by atoms with Gasteiger partial charge in [0, 0.05) is 30.8 Å². The standard InChI is InChI=1S/C25H33N3O4S/c1-15-14-16(2)18(4)24(17(15)3)33(31,32)28-12-10-19(11-13-28)25(30)27-22-7-5-6-21-20(22)8-9-23(29)26-21/h8-9,14,19,22H,5-7,10-13H2,1-4H3,(H,26,29)(H,27,30). The van der Waals surface area contributed by atoms with Gasteiger partial charge in [0.15, 0.2) is 0 Å². The summed E-state index contributed by atoms with van der Waals surface area (Å²) in [6.45, 7) is 8.28. The van der Waals surface area contributed by atoms with E-state index in [2.05, 4.69) is 10.3 Å². The predicted octanol–water partition coefficient (Wildman–Crippen LogP) is 3.20. The second-order valence-corrected chi connectivity index (χ2v) is 11.4. The molecule has 1 unspecified atom stereocenters. The van der Waals surface area contributed by atoms with E-state index in [1.807, 2.05) is 39.8 Å². The Kier molecular flexibility index (Phi) is 6.51. The predicted molar refractivity (Wildman–Crippen MR) is 128 cm³/mol. The Morgan fingerprint density at radius 2 is 1.67 bits per heavy atom. The highest BCUT2D eigenvalue weighted by Gasteiger charge is 2.35. The molecule has 0 spiro atoms. The van der Waals surface area contributed by atoms with Gasteiger partial charge < -0.3 is 10.3 Å². The van der Waals surface area contributed by atoms with Crippen molar-refractivity contribution < 1.29 is 13.2 Å². The first-order valence-corrected chi connectivity index (χ1v) is 13.1. The number of hydrogen-bond acceptors (Lipinski definition) is 4. The molecule has 1 aliphatic heterocycles. The van der Waals surface area contributed by atoms with Crippen LogP contribution < -0.4 is 10.9 Å². The third-order valence-electron chi connectivity index (χ3n) is 7.37. The van der Waals surface area contributed by atoms with Crippen molar-refractivity contribution in [2.75, 3.05) is 13.1 Å². The molecule has 0 bridgehead atoms. The van der Waals surface area contributed by atoms with Gasteiger partial charge >= 0.3 is 0 Å². The lowest BCUT2D eigenvalue weighted by Gasteiger charge is -2.33. The van der Waals surface area contributed by atoms with Crippen molar-refractivity contribution in [1.29, 1.82) is 0 Å². The maximum Gasteiger partial charge on any atom is 0.248 e. The second kappa shape index (κ2) is 9.06. The zero-order valence-corrected chi connectivity index (χ0v) is 20.6. The van der Waals surface area contributed by atoms with Crippen LogP contribution in [0, 0.1) is 33.6 Å². The summed E-state index contributed by atoms with van der Waals surface area (Å²) in [6.07, 6.45) is 3.55. The van der Waals surface area contributed by atoms with Gasteiger partial charge in [-0.15, -0.1) is 0 Å². The minimum atomic E-state index is -3.62. The fourth-order valence-electron chi connectivity index (χ4n) is 5.19. The number of aromatic nitrogens is 1. The molecule has 1 atom stereocenters. The van der Waals surface area contributed by atoms with E-state index >= 15 is 0 Å². The number of H-pyrrole nitrogens is 1. The largest absolute Gasteiger partial charge is 0.349 e. The highest BCUT2D eigenvalue weighted by Crippen LogP contribution is 2.32. The zero-order valence-electron chi connectivity index (χ0n) is 19.8. The smallest absolute Gasteiger partial charge is 0.248 e. The van der Waals surface area contributed by atoms with Crippen LogP contribution >= 0.6 is 0 Å². The molecule has 1 aromatic carbocycles. The number of nitrogens with zero attached hydrogens (tertiary/aromatic N) is 1. The van der Waals surface area contributed by atoms with E-state index in [1.54, 1.807) is 0 Å². The molecule has 33 heavy (non-hydrogen) atoms. The van der Waals surface area contributed by atoms with Gasteiger partial charge in [0.1, 0.15) is 0 Å². The molecule has 8 heteroatoms. The Bertz CT molecular complexity index is 1210. The number of piperidine rings is 1. The molecule has 2 aliphatic rings. The Morgan fingerprint density at radius 1 is 1.03 bits per heavy atom. The number of sulfonamides is 1. The summed E-state index contributed by atoms with van der Waals surface area (Å²) < 4.78 is 28.5. The molecule has 0 saturated carbocycles. The third kappa shape index (κ3) is 4.51. The number of nitrogens with one attached hydrogen (secondary N) is 2. The number of hydrogen-bond donors (Lipinski definition) is 2. The van der Waals surface area contributed by atoms with Crippen LogP contribution in [0.1, 0.15) is 65.2 Å². The fourth-order valence-corrected chi connectivity index (χ4v) is 7.24. The molecular formula is C25H33N3O4S. The Balaban J connectivity index is 1.45. The molecule has 0 radical (unpaired) electrons. The summed E-state index contributed by atoms with van der Waals surface area (Å²) in [7, 11) is -3.62. The number of pyridine rings is 1. The molecule has 1 aromatic heterocycles. The van der Waals surface area contributed by atoms with Gasteiger partial charge in [0.05, 0.1) is 10.9 Å². The zero-order chi connectivity index (χ0) is 23.9. The molecule has 7 nitrogen and oxygen atoms in total. The Morgan fingerprint density at radius 3 is 2.30 bits per heavy atom. The number of rotatable bonds is 4. The van der Waals surface area contributed by atoms with Gasteiger partial charge in [0.2, 0.25) is 21.5 Å². The van der Waals surface area contributed by atoms with Crippen molar-refractivity contribution in [2.45, 2.75) is 70.7 Å². The summed E-state index contributed by atoms with van der Waals surface area (Å²) in [5.74, 6) is -0.249. The highest BCUT2D eigenvalue weighted by molar-refractivity contribution is 7.89. The topological polar surface area (TPSA) is 99.3 Å². The normalized spacial score (nSPS) is 19.8. The first-order chi connectivity index (χ1) is 15.6. The van der Waals surface area contributed by atoms with E-state index in [1.165, 1.54) is 10.4 Å². The molecule has 2 N–H and O–H groups in total. The van der Waals surface area contributed by atoms with E-state index < -0.39 is 10.0 Å². The Hall–Kier alpha value is -2.45. The molecular weight excluding hydrogens is 438 g/mol. The van der Waals surface area contributed by atoms with Crippen molar-refractivity contribution >= 4 is 15.9 Å². The fraction of sp³-hybridized carbons (Fsp3) is 0.520. The summed E-state index contributed by atoms with van der Waals surface area (Å²) in [5.41, 5.74) is 5.30. The molecule has 1 saturated heterocycles. The van der Waals surface area contributed by atoms with E-state index in [-0.39, 0.29) is 23.4 Å². The number of carbonyl (C=O) groups excluding carboxylic acids is 1. The van der Waals surface area contributed by atoms with Gasteiger partial charge in [-0.2, -0.15) is 4.31 Å². The van der Waals surface area contributed by atoms with Crippen LogP contribution in [0.25, 0.3) is 0 Å². The van der Waals surface area contributed by atoms with Crippen LogP contribution in [0.3, 0.4) is 0 Å². The Labute approximate surface area is 195 Å². The molecule has 1 amide bonds. The van der Waals surface area contributed by atoms with E-state index in [0.717, 1.165) is 52.8 Å². The average molecular weight is 472 g/mol. The lowest BCUT2D eigenvalue weighted by atomic mass is 9.90. The number of fused-ring (bicyclic) bond motifs is 1. The van der Waals surface area contributed by atoms with E-state index in [9.17, 15) is 18.0 Å². The summed E-state index contributed by atoms with van der Waals surface area (Å²) >= 11 is 0. The van der Waals surface area contributed by atoms with Crippen molar-refractivity contribution in [2.24, 2.45) is 5.92 Å². The minimum absolute atomic E-state index is 0.0325. The van der Waals surface area contributed by atoms with Crippen molar-refractivity contribution in [1.82, 2.24) is 14.6 Å². The van der Waals surface area contributed by atoms with E-state index in [0.29, 0.717) is 30.8 Å². The number of carbonyl (C=O) groups is 1. The SMILES string of the molecule is Cc1cc(C)c(C)c(S(=O)(=O)N2CCC(C(=O)NC3CCCc4[nH]c(=O)ccc43)CC2)c1C. The van der Waals surface area contributed by atoms with Crippen molar-refractivity contribution in [3.8, 4) is 0 Å². The number of aromatic amines is 1. The maximum atomic E-state index is 13.5. The lowest BCUT2D eigenvalue weighted by molar-refractivity contribution is -0.127. The lowest BCUT2D eigenvalue weighted by Crippen LogP contribution is -2.44. The van der Waals surface area contributed by atoms with Crippen LogP contribution in [-0.4, -0.2) is 36.7 Å². The summed E-state index contributed by atoms with van der Waals surface area (Å²) in [4.78, 5) is 27.9. The summed E-state index contributed by atoms with van der Waals surface area (Å²) in [5, 5.41) is 3.15. The van der Waals surface area contributed by atoms with Gasteiger partial charge in [-0.25, -0.2) is 8.42 Å². The first kappa shape index (κ1) is 23.7. The van der Waals surface area contributed by atoms with Gasteiger partial charge in [-0.05, 0) is 93.7 Å². The first-order valence-electron chi connectivity index (χ1n) is 11.7. The number of amides is 1. The number of benzene rings is 1. The maximum absolute atomic E-state index is 13.5. The monoisotopic (exact) mass is 471 g/mol. The number of aryl methyl sites for hydroxylation is 3. The van der Waals surface area contributed by atoms with Gasteiger partial charge in [-0.1, -0.05) is 6.07 Å². The van der Waals surface area contributed by atoms with E-state index in [4.69, 9.17) is 0 Å². The van der Waals surface area contributed by atoms with Crippen LogP contribution in [0.4, 0.5) is 0 Å². The quantitative estimate of drug-likeness (QED) is 0.715. The molecule has 2 heterocycles.